The van der Waals surface area contributed by atoms with Gasteiger partial charge in [-0.05, 0) is 13.1 Å². The first-order valence-corrected chi connectivity index (χ1v) is 7.29. The fourth-order valence-corrected chi connectivity index (χ4v) is 2.86. The Balaban J connectivity index is 2.11. The summed E-state index contributed by atoms with van der Waals surface area (Å²) in [5.41, 5.74) is 6.68. The van der Waals surface area contributed by atoms with Gasteiger partial charge in [-0.3, -0.25) is 0 Å². The Labute approximate surface area is 100 Å². The van der Waals surface area contributed by atoms with Gasteiger partial charge < -0.3 is 10.6 Å². The number of rotatable bonds is 7. The summed E-state index contributed by atoms with van der Waals surface area (Å²) >= 11 is 3.45. The van der Waals surface area contributed by atoms with Crippen LogP contribution in [0.3, 0.4) is 0 Å². The zero-order chi connectivity index (χ0) is 11.1. The Morgan fingerprint density at radius 2 is 2.20 bits per heavy atom. The van der Waals surface area contributed by atoms with Crippen LogP contribution in [0.15, 0.2) is 5.38 Å². The van der Waals surface area contributed by atoms with E-state index in [0.29, 0.717) is 5.13 Å². The van der Waals surface area contributed by atoms with Crippen LogP contribution in [0.2, 0.25) is 0 Å². The van der Waals surface area contributed by atoms with Gasteiger partial charge in [-0.1, -0.05) is 13.8 Å². The highest BCUT2D eigenvalue weighted by atomic mass is 32.2. The second kappa shape index (κ2) is 7.09. The lowest BCUT2D eigenvalue weighted by Crippen LogP contribution is -2.25. The number of thiazole rings is 1. The summed E-state index contributed by atoms with van der Waals surface area (Å²) < 4.78 is 0. The lowest BCUT2D eigenvalue weighted by atomic mass is 10.5. The van der Waals surface area contributed by atoms with E-state index in [0.717, 1.165) is 31.1 Å². The molecular formula is C10H19N3S2. The van der Waals surface area contributed by atoms with Crippen LogP contribution in [0, 0.1) is 0 Å². The standard InChI is InChI=1S/C10H19N3S2/c1-3-13(4-2)5-6-14-7-9-8-15-10(11)12-9/h8H,3-7H2,1-2H3,(H2,11,12). The molecule has 0 spiro atoms. The van der Waals surface area contributed by atoms with Gasteiger partial charge in [-0.15, -0.1) is 11.3 Å². The molecule has 1 aromatic heterocycles. The lowest BCUT2D eigenvalue weighted by molar-refractivity contribution is 0.324. The van der Waals surface area contributed by atoms with Gasteiger partial charge in [0.15, 0.2) is 5.13 Å². The molecule has 0 bridgehead atoms. The van der Waals surface area contributed by atoms with Gasteiger partial charge in [0.25, 0.3) is 0 Å². The number of hydrogen-bond donors (Lipinski definition) is 1. The molecule has 1 heterocycles. The molecule has 0 fully saturated rings. The molecule has 15 heavy (non-hydrogen) atoms. The molecular weight excluding hydrogens is 226 g/mol. The minimum atomic E-state index is 0.675. The predicted octanol–water partition coefficient (Wildman–Crippen LogP) is 2.30. The first kappa shape index (κ1) is 12.8. The molecule has 0 saturated carbocycles. The van der Waals surface area contributed by atoms with Crippen LogP contribution < -0.4 is 5.73 Å². The van der Waals surface area contributed by atoms with Gasteiger partial charge in [0, 0.05) is 23.4 Å². The third-order valence-electron chi connectivity index (χ3n) is 2.27. The molecule has 0 unspecified atom stereocenters. The smallest absolute Gasteiger partial charge is 0.180 e. The fraction of sp³-hybridized carbons (Fsp3) is 0.700. The van der Waals surface area contributed by atoms with Crippen LogP contribution >= 0.6 is 23.1 Å². The molecule has 0 aromatic carbocycles. The summed E-state index contributed by atoms with van der Waals surface area (Å²) in [6.07, 6.45) is 0. The van der Waals surface area contributed by atoms with Crippen molar-refractivity contribution >= 4 is 28.2 Å². The molecule has 3 nitrogen and oxygen atoms in total. The van der Waals surface area contributed by atoms with Crippen LogP contribution in [0.5, 0.6) is 0 Å². The van der Waals surface area contributed by atoms with Crippen molar-refractivity contribution in [1.29, 1.82) is 0 Å². The molecule has 0 amide bonds. The van der Waals surface area contributed by atoms with Crippen molar-refractivity contribution in [2.24, 2.45) is 0 Å². The topological polar surface area (TPSA) is 42.1 Å². The van der Waals surface area contributed by atoms with Crippen molar-refractivity contribution < 1.29 is 0 Å². The maximum Gasteiger partial charge on any atom is 0.180 e. The molecule has 1 aromatic rings. The largest absolute Gasteiger partial charge is 0.375 e. The van der Waals surface area contributed by atoms with Gasteiger partial charge in [-0.25, -0.2) is 4.98 Å². The summed E-state index contributed by atoms with van der Waals surface area (Å²) in [7, 11) is 0. The molecule has 0 aliphatic heterocycles. The summed E-state index contributed by atoms with van der Waals surface area (Å²) in [6, 6.07) is 0. The van der Waals surface area contributed by atoms with Crippen LogP contribution in [0.1, 0.15) is 19.5 Å². The molecule has 2 N–H and O–H groups in total. The molecule has 0 radical (unpaired) electrons. The molecule has 5 heteroatoms. The average Bonchev–Trinajstić information content (AvgIpc) is 2.65. The highest BCUT2D eigenvalue weighted by Crippen LogP contribution is 2.16. The second-order valence-electron chi connectivity index (χ2n) is 3.26. The number of nitrogens with two attached hydrogens (primary N) is 1. The van der Waals surface area contributed by atoms with E-state index in [4.69, 9.17) is 5.73 Å². The number of nitrogens with zero attached hydrogens (tertiary/aromatic N) is 2. The number of hydrogen-bond acceptors (Lipinski definition) is 5. The van der Waals surface area contributed by atoms with Crippen LogP contribution in [-0.2, 0) is 5.75 Å². The van der Waals surface area contributed by atoms with Crippen molar-refractivity contribution in [2.45, 2.75) is 19.6 Å². The molecule has 0 aliphatic carbocycles. The maximum atomic E-state index is 5.56. The first-order valence-electron chi connectivity index (χ1n) is 5.26. The maximum absolute atomic E-state index is 5.56. The number of thioether (sulfide) groups is 1. The van der Waals surface area contributed by atoms with Crippen molar-refractivity contribution in [3.8, 4) is 0 Å². The van der Waals surface area contributed by atoms with Gasteiger partial charge >= 0.3 is 0 Å². The highest BCUT2D eigenvalue weighted by Gasteiger charge is 2.01. The summed E-state index contributed by atoms with van der Waals surface area (Å²) in [4.78, 5) is 6.66. The summed E-state index contributed by atoms with van der Waals surface area (Å²) in [6.45, 7) is 7.85. The van der Waals surface area contributed by atoms with Gasteiger partial charge in [0.1, 0.15) is 0 Å². The molecule has 1 rings (SSSR count). The van der Waals surface area contributed by atoms with Gasteiger partial charge in [0.05, 0.1) is 5.69 Å². The minimum absolute atomic E-state index is 0.675. The predicted molar refractivity (Wildman–Crippen MR) is 70.5 cm³/mol. The number of anilines is 1. The average molecular weight is 245 g/mol. The SMILES string of the molecule is CCN(CC)CCSCc1csc(N)n1. The van der Waals surface area contributed by atoms with E-state index >= 15 is 0 Å². The molecule has 0 aliphatic rings. The molecule has 86 valence electrons. The van der Waals surface area contributed by atoms with E-state index in [1.165, 1.54) is 17.1 Å². The second-order valence-corrected chi connectivity index (χ2v) is 5.25. The fourth-order valence-electron chi connectivity index (χ4n) is 1.30. The number of aromatic nitrogens is 1. The zero-order valence-corrected chi connectivity index (χ0v) is 11.0. The Bertz CT molecular complexity index is 271. The summed E-state index contributed by atoms with van der Waals surface area (Å²) in [5.74, 6) is 2.15. The number of nitrogen functional groups attached to an aromatic ring is 1. The van der Waals surface area contributed by atoms with Crippen molar-refractivity contribution in [3.05, 3.63) is 11.1 Å². The summed E-state index contributed by atoms with van der Waals surface area (Å²) in [5, 5.41) is 2.72. The Hall–Kier alpha value is -0.260. The van der Waals surface area contributed by atoms with Crippen molar-refractivity contribution in [1.82, 2.24) is 9.88 Å². The van der Waals surface area contributed by atoms with E-state index in [1.807, 2.05) is 17.1 Å². The monoisotopic (exact) mass is 245 g/mol. The van der Waals surface area contributed by atoms with Crippen LogP contribution in [0.4, 0.5) is 5.13 Å². The van der Waals surface area contributed by atoms with Gasteiger partial charge in [-0.2, -0.15) is 11.8 Å². The van der Waals surface area contributed by atoms with Gasteiger partial charge in [0.2, 0.25) is 0 Å². The van der Waals surface area contributed by atoms with Crippen LogP contribution in [-0.4, -0.2) is 35.3 Å². The quantitative estimate of drug-likeness (QED) is 0.749. The van der Waals surface area contributed by atoms with E-state index in [1.54, 1.807) is 0 Å². The Morgan fingerprint density at radius 3 is 2.73 bits per heavy atom. The van der Waals surface area contributed by atoms with Crippen molar-refractivity contribution in [3.63, 3.8) is 0 Å². The Morgan fingerprint density at radius 1 is 1.47 bits per heavy atom. The highest BCUT2D eigenvalue weighted by molar-refractivity contribution is 7.98. The van der Waals surface area contributed by atoms with E-state index < -0.39 is 0 Å². The zero-order valence-electron chi connectivity index (χ0n) is 9.40. The van der Waals surface area contributed by atoms with E-state index in [9.17, 15) is 0 Å². The van der Waals surface area contributed by atoms with E-state index in [-0.39, 0.29) is 0 Å². The molecule has 0 atom stereocenters. The normalized spacial score (nSPS) is 11.1. The third-order valence-corrected chi connectivity index (χ3v) is 3.96. The third kappa shape index (κ3) is 4.86. The van der Waals surface area contributed by atoms with E-state index in [2.05, 4.69) is 23.7 Å². The lowest BCUT2D eigenvalue weighted by Gasteiger charge is -2.16. The van der Waals surface area contributed by atoms with Crippen molar-refractivity contribution in [2.75, 3.05) is 31.1 Å². The minimum Gasteiger partial charge on any atom is -0.375 e. The first-order chi connectivity index (χ1) is 7.26. The molecule has 0 saturated heterocycles. The van der Waals surface area contributed by atoms with Crippen LogP contribution in [0.25, 0.3) is 0 Å². The Kier molecular flexibility index (Phi) is 6.05.